The van der Waals surface area contributed by atoms with Crippen molar-refractivity contribution in [3.63, 3.8) is 0 Å². The maximum Gasteiger partial charge on any atom is 0.269 e. The topological polar surface area (TPSA) is 55.2 Å². The van der Waals surface area contributed by atoms with Crippen LogP contribution in [0, 0.1) is 24.0 Å². The average molecular weight is 290 g/mol. The Morgan fingerprint density at radius 2 is 1.95 bits per heavy atom. The second-order valence-electron chi connectivity index (χ2n) is 4.89. The number of thiophene rings is 1. The molecule has 2 aromatic rings. The van der Waals surface area contributed by atoms with Crippen LogP contribution >= 0.6 is 11.3 Å². The number of rotatable bonds is 5. The lowest BCUT2D eigenvalue weighted by molar-refractivity contribution is -0.384. The number of aryl methyl sites for hydroxylation is 2. The number of hydrogen-bond donors (Lipinski definition) is 1. The van der Waals surface area contributed by atoms with Gasteiger partial charge in [0.05, 0.1) is 4.92 Å². The summed E-state index contributed by atoms with van der Waals surface area (Å²) < 4.78 is 0. The van der Waals surface area contributed by atoms with Gasteiger partial charge in [0.1, 0.15) is 0 Å². The SMILES string of the molecule is Cc1cc(C(C)NCc2ccc([N+](=O)[O-])cc2)c(C)s1. The van der Waals surface area contributed by atoms with Gasteiger partial charge in [-0.15, -0.1) is 11.3 Å². The summed E-state index contributed by atoms with van der Waals surface area (Å²) in [5, 5.41) is 14.0. The van der Waals surface area contributed by atoms with Crippen molar-refractivity contribution in [1.82, 2.24) is 5.32 Å². The standard InChI is InChI=1S/C15H18N2O2S/c1-10-8-15(12(3)20-10)11(2)16-9-13-4-6-14(7-5-13)17(18)19/h4-8,11,16H,9H2,1-3H3. The van der Waals surface area contributed by atoms with Gasteiger partial charge in [0.15, 0.2) is 0 Å². The van der Waals surface area contributed by atoms with Gasteiger partial charge in [-0.1, -0.05) is 12.1 Å². The van der Waals surface area contributed by atoms with Crippen LogP contribution < -0.4 is 5.32 Å². The van der Waals surface area contributed by atoms with E-state index in [0.717, 1.165) is 5.56 Å². The normalized spacial score (nSPS) is 12.3. The molecule has 0 radical (unpaired) electrons. The maximum atomic E-state index is 10.6. The van der Waals surface area contributed by atoms with Crippen LogP contribution in [-0.4, -0.2) is 4.92 Å². The Balaban J connectivity index is 1.98. The van der Waals surface area contributed by atoms with Crippen molar-refractivity contribution in [2.24, 2.45) is 0 Å². The summed E-state index contributed by atoms with van der Waals surface area (Å²) in [7, 11) is 0. The summed E-state index contributed by atoms with van der Waals surface area (Å²) in [5.41, 5.74) is 2.51. The van der Waals surface area contributed by atoms with Crippen LogP contribution in [0.2, 0.25) is 0 Å². The third-order valence-corrected chi connectivity index (χ3v) is 4.29. The minimum atomic E-state index is -0.378. The Hall–Kier alpha value is -1.72. The first kappa shape index (κ1) is 14.7. The molecule has 5 heteroatoms. The van der Waals surface area contributed by atoms with Gasteiger partial charge in [-0.2, -0.15) is 0 Å². The van der Waals surface area contributed by atoms with Gasteiger partial charge in [-0.05, 0) is 38.0 Å². The Morgan fingerprint density at radius 1 is 1.30 bits per heavy atom. The molecule has 4 nitrogen and oxygen atoms in total. The van der Waals surface area contributed by atoms with Gasteiger partial charge in [-0.25, -0.2) is 0 Å². The zero-order valence-electron chi connectivity index (χ0n) is 11.8. The summed E-state index contributed by atoms with van der Waals surface area (Å²) in [6.45, 7) is 7.09. The molecule has 0 aliphatic rings. The van der Waals surface area contributed by atoms with Crippen molar-refractivity contribution in [2.75, 3.05) is 0 Å². The molecule has 0 saturated carbocycles. The van der Waals surface area contributed by atoms with Gasteiger partial charge in [0.2, 0.25) is 0 Å². The minimum Gasteiger partial charge on any atom is -0.306 e. The van der Waals surface area contributed by atoms with Crippen molar-refractivity contribution >= 4 is 17.0 Å². The fourth-order valence-electron chi connectivity index (χ4n) is 2.20. The number of nitrogens with one attached hydrogen (secondary N) is 1. The van der Waals surface area contributed by atoms with Gasteiger partial charge < -0.3 is 5.32 Å². The fraction of sp³-hybridized carbons (Fsp3) is 0.333. The highest BCUT2D eigenvalue weighted by Crippen LogP contribution is 2.26. The van der Waals surface area contributed by atoms with E-state index < -0.39 is 0 Å². The van der Waals surface area contributed by atoms with Crippen molar-refractivity contribution in [3.05, 3.63) is 61.3 Å². The highest BCUT2D eigenvalue weighted by molar-refractivity contribution is 7.12. The van der Waals surface area contributed by atoms with Crippen molar-refractivity contribution in [2.45, 2.75) is 33.4 Å². The Kier molecular flexibility index (Phi) is 4.52. The van der Waals surface area contributed by atoms with E-state index in [1.54, 1.807) is 24.3 Å². The van der Waals surface area contributed by atoms with E-state index >= 15 is 0 Å². The first-order valence-corrected chi connectivity index (χ1v) is 7.32. The van der Waals surface area contributed by atoms with Crippen LogP contribution in [0.4, 0.5) is 5.69 Å². The lowest BCUT2D eigenvalue weighted by atomic mass is 10.1. The molecule has 1 atom stereocenters. The highest BCUT2D eigenvalue weighted by Gasteiger charge is 2.11. The van der Waals surface area contributed by atoms with Crippen LogP contribution in [0.5, 0.6) is 0 Å². The zero-order valence-corrected chi connectivity index (χ0v) is 12.7. The maximum absolute atomic E-state index is 10.6. The largest absolute Gasteiger partial charge is 0.306 e. The van der Waals surface area contributed by atoms with E-state index in [1.165, 1.54) is 15.3 Å². The molecule has 0 aliphatic heterocycles. The molecule has 1 heterocycles. The first-order valence-electron chi connectivity index (χ1n) is 6.51. The molecular weight excluding hydrogens is 272 g/mol. The molecule has 1 unspecified atom stereocenters. The van der Waals surface area contributed by atoms with Gasteiger partial charge in [0.25, 0.3) is 5.69 Å². The van der Waals surface area contributed by atoms with Crippen LogP contribution in [0.25, 0.3) is 0 Å². The van der Waals surface area contributed by atoms with Crippen molar-refractivity contribution in [1.29, 1.82) is 0 Å². The van der Waals surface area contributed by atoms with Crippen molar-refractivity contribution in [3.8, 4) is 0 Å². The molecule has 1 N–H and O–H groups in total. The van der Waals surface area contributed by atoms with Gasteiger partial charge in [0, 0.05) is 34.5 Å². The highest BCUT2D eigenvalue weighted by atomic mass is 32.1. The molecule has 0 spiro atoms. The lowest BCUT2D eigenvalue weighted by Gasteiger charge is -2.13. The number of non-ortho nitro benzene ring substituents is 1. The quantitative estimate of drug-likeness (QED) is 0.665. The molecule has 0 bridgehead atoms. The second-order valence-corrected chi connectivity index (χ2v) is 6.36. The molecule has 1 aromatic heterocycles. The van der Waals surface area contributed by atoms with Gasteiger partial charge >= 0.3 is 0 Å². The van der Waals surface area contributed by atoms with Gasteiger partial charge in [-0.3, -0.25) is 10.1 Å². The number of hydrogen-bond acceptors (Lipinski definition) is 4. The Bertz CT molecular complexity index is 605. The van der Waals surface area contributed by atoms with Crippen LogP contribution in [0.15, 0.2) is 30.3 Å². The third-order valence-electron chi connectivity index (χ3n) is 3.31. The van der Waals surface area contributed by atoms with E-state index in [0.29, 0.717) is 6.54 Å². The lowest BCUT2D eigenvalue weighted by Crippen LogP contribution is -2.18. The number of nitro groups is 1. The summed E-state index contributed by atoms with van der Waals surface area (Å²) in [6, 6.07) is 9.17. The molecule has 0 saturated heterocycles. The molecule has 0 fully saturated rings. The number of nitrogens with zero attached hydrogens (tertiary/aromatic N) is 1. The molecular formula is C15H18N2O2S. The predicted molar refractivity (Wildman–Crippen MR) is 82.1 cm³/mol. The Labute approximate surface area is 122 Å². The predicted octanol–water partition coefficient (Wildman–Crippen LogP) is 4.12. The van der Waals surface area contributed by atoms with Crippen LogP contribution in [0.1, 0.15) is 33.8 Å². The third kappa shape index (κ3) is 3.43. The molecule has 1 aromatic carbocycles. The summed E-state index contributed by atoms with van der Waals surface area (Å²) in [4.78, 5) is 12.9. The molecule has 2 rings (SSSR count). The van der Waals surface area contributed by atoms with E-state index in [4.69, 9.17) is 0 Å². The Morgan fingerprint density at radius 3 is 2.45 bits per heavy atom. The summed E-state index contributed by atoms with van der Waals surface area (Å²) in [6.07, 6.45) is 0. The molecule has 0 amide bonds. The fourth-order valence-corrected chi connectivity index (χ4v) is 3.22. The molecule has 106 valence electrons. The average Bonchev–Trinajstić information content (AvgIpc) is 2.75. The van der Waals surface area contributed by atoms with Crippen LogP contribution in [-0.2, 0) is 6.54 Å². The first-order chi connectivity index (χ1) is 9.47. The number of benzene rings is 1. The van der Waals surface area contributed by atoms with Crippen molar-refractivity contribution < 1.29 is 4.92 Å². The van der Waals surface area contributed by atoms with Crippen LogP contribution in [0.3, 0.4) is 0 Å². The van der Waals surface area contributed by atoms with E-state index in [2.05, 4.69) is 32.2 Å². The number of nitro benzene ring substituents is 1. The second kappa shape index (κ2) is 6.15. The smallest absolute Gasteiger partial charge is 0.269 e. The zero-order chi connectivity index (χ0) is 14.7. The van der Waals surface area contributed by atoms with E-state index in [9.17, 15) is 10.1 Å². The molecule has 0 aliphatic carbocycles. The van der Waals surface area contributed by atoms with E-state index in [-0.39, 0.29) is 16.7 Å². The minimum absolute atomic E-state index is 0.131. The monoisotopic (exact) mass is 290 g/mol. The summed E-state index contributed by atoms with van der Waals surface area (Å²) in [5.74, 6) is 0. The molecule has 20 heavy (non-hydrogen) atoms. The summed E-state index contributed by atoms with van der Waals surface area (Å²) >= 11 is 1.81. The van der Waals surface area contributed by atoms with E-state index in [1.807, 2.05) is 11.3 Å².